The molecule has 1 N–H and O–H groups in total. The minimum Gasteiger partial charge on any atom is -0.492 e. The van der Waals surface area contributed by atoms with Gasteiger partial charge in [-0.05, 0) is 32.9 Å². The molecule has 1 aliphatic rings. The molecule has 0 spiro atoms. The molecule has 1 aliphatic heterocycles. The van der Waals surface area contributed by atoms with Crippen LogP contribution in [0.5, 0.6) is 5.75 Å². The predicted octanol–water partition coefficient (Wildman–Crippen LogP) is 1.96. The fourth-order valence-corrected chi connectivity index (χ4v) is 2.48. The zero-order valence-electron chi connectivity index (χ0n) is 12.8. The number of rotatable bonds is 5. The van der Waals surface area contributed by atoms with E-state index in [2.05, 4.69) is 5.32 Å². The number of nitrogens with zero attached hydrogens (tertiary/aromatic N) is 1. The standard InChI is InChI=1S/C16H22N2O3/c1-4-21-14-8-6-5-7-13(14)18-10-12(9-15(18)19)16(20)17-11(2)3/h5-8,11-12H,4,9-10H2,1-3H3,(H,17,20)/t12-/m0/s1. The van der Waals surface area contributed by atoms with Crippen LogP contribution in [0.2, 0.25) is 0 Å². The summed E-state index contributed by atoms with van der Waals surface area (Å²) in [5.74, 6) is 0.286. The van der Waals surface area contributed by atoms with Crippen molar-refractivity contribution in [3.05, 3.63) is 24.3 Å². The molecule has 1 fully saturated rings. The lowest BCUT2D eigenvalue weighted by molar-refractivity contribution is -0.126. The smallest absolute Gasteiger partial charge is 0.227 e. The second-order valence-corrected chi connectivity index (χ2v) is 5.47. The summed E-state index contributed by atoms with van der Waals surface area (Å²) in [6.45, 7) is 6.67. The SMILES string of the molecule is CCOc1ccccc1N1C[C@@H](C(=O)NC(C)C)CC1=O. The van der Waals surface area contributed by atoms with Crippen molar-refractivity contribution in [3.8, 4) is 5.75 Å². The van der Waals surface area contributed by atoms with Gasteiger partial charge < -0.3 is 15.0 Å². The number of hydrogen-bond acceptors (Lipinski definition) is 3. The number of hydrogen-bond donors (Lipinski definition) is 1. The van der Waals surface area contributed by atoms with Crippen molar-refractivity contribution in [2.75, 3.05) is 18.1 Å². The molecule has 1 aromatic rings. The fourth-order valence-electron chi connectivity index (χ4n) is 2.48. The Balaban J connectivity index is 2.15. The van der Waals surface area contributed by atoms with Crippen molar-refractivity contribution in [3.63, 3.8) is 0 Å². The predicted molar refractivity (Wildman–Crippen MR) is 81.3 cm³/mol. The molecule has 5 heteroatoms. The minimum atomic E-state index is -0.297. The molecule has 0 radical (unpaired) electrons. The van der Waals surface area contributed by atoms with Crippen molar-refractivity contribution in [2.24, 2.45) is 5.92 Å². The maximum atomic E-state index is 12.2. The number of ether oxygens (including phenoxy) is 1. The third-order valence-corrected chi connectivity index (χ3v) is 3.38. The van der Waals surface area contributed by atoms with E-state index in [1.165, 1.54) is 0 Å². The summed E-state index contributed by atoms with van der Waals surface area (Å²) >= 11 is 0. The summed E-state index contributed by atoms with van der Waals surface area (Å²) in [6.07, 6.45) is 0.249. The summed E-state index contributed by atoms with van der Waals surface area (Å²) in [5.41, 5.74) is 0.740. The average Bonchev–Trinajstić information content (AvgIpc) is 2.81. The first-order valence-electron chi connectivity index (χ1n) is 7.35. The highest BCUT2D eigenvalue weighted by Gasteiger charge is 2.36. The molecule has 1 aromatic carbocycles. The van der Waals surface area contributed by atoms with E-state index in [1.54, 1.807) is 4.90 Å². The van der Waals surface area contributed by atoms with Crippen LogP contribution in [0.25, 0.3) is 0 Å². The quantitative estimate of drug-likeness (QED) is 0.902. The second kappa shape index (κ2) is 6.61. The molecule has 0 aliphatic carbocycles. The van der Waals surface area contributed by atoms with Crippen LogP contribution < -0.4 is 15.0 Å². The van der Waals surface area contributed by atoms with E-state index < -0.39 is 0 Å². The Morgan fingerprint density at radius 2 is 2.14 bits per heavy atom. The molecule has 0 aromatic heterocycles. The molecule has 0 bridgehead atoms. The molecular weight excluding hydrogens is 268 g/mol. The number of carbonyl (C=O) groups is 2. The number of carbonyl (C=O) groups excluding carboxylic acids is 2. The Morgan fingerprint density at radius 3 is 2.81 bits per heavy atom. The van der Waals surface area contributed by atoms with E-state index >= 15 is 0 Å². The van der Waals surface area contributed by atoms with Gasteiger partial charge in [0.25, 0.3) is 0 Å². The van der Waals surface area contributed by atoms with Gasteiger partial charge in [0.1, 0.15) is 5.75 Å². The number of nitrogens with one attached hydrogen (secondary N) is 1. The molecule has 0 unspecified atom stereocenters. The van der Waals surface area contributed by atoms with Crippen LogP contribution in [0, 0.1) is 5.92 Å². The van der Waals surface area contributed by atoms with Gasteiger partial charge in [-0.2, -0.15) is 0 Å². The minimum absolute atomic E-state index is 0.0361. The molecule has 2 rings (SSSR count). The number of para-hydroxylation sites is 2. The van der Waals surface area contributed by atoms with E-state index in [-0.39, 0.29) is 30.2 Å². The average molecular weight is 290 g/mol. The van der Waals surface area contributed by atoms with Gasteiger partial charge in [-0.25, -0.2) is 0 Å². The van der Waals surface area contributed by atoms with Crippen molar-refractivity contribution >= 4 is 17.5 Å². The first-order valence-corrected chi connectivity index (χ1v) is 7.35. The van der Waals surface area contributed by atoms with Crippen LogP contribution in [0.4, 0.5) is 5.69 Å². The topological polar surface area (TPSA) is 58.6 Å². The van der Waals surface area contributed by atoms with Crippen molar-refractivity contribution < 1.29 is 14.3 Å². The van der Waals surface area contributed by atoms with Gasteiger partial charge in [-0.15, -0.1) is 0 Å². The van der Waals surface area contributed by atoms with Gasteiger partial charge in [0.15, 0.2) is 0 Å². The first kappa shape index (κ1) is 15.4. The number of anilines is 1. The first-order chi connectivity index (χ1) is 10.0. The van der Waals surface area contributed by atoms with Crippen molar-refractivity contribution in [1.29, 1.82) is 0 Å². The molecule has 21 heavy (non-hydrogen) atoms. The van der Waals surface area contributed by atoms with Gasteiger partial charge in [0, 0.05) is 19.0 Å². The molecule has 1 saturated heterocycles. The Kier molecular flexibility index (Phi) is 4.83. The Hall–Kier alpha value is -2.04. The third kappa shape index (κ3) is 3.54. The highest BCUT2D eigenvalue weighted by Crippen LogP contribution is 2.33. The lowest BCUT2D eigenvalue weighted by atomic mass is 10.1. The Morgan fingerprint density at radius 1 is 1.43 bits per heavy atom. The highest BCUT2D eigenvalue weighted by atomic mass is 16.5. The van der Waals surface area contributed by atoms with Crippen LogP contribution in [0.3, 0.4) is 0 Å². The van der Waals surface area contributed by atoms with Gasteiger partial charge in [0.2, 0.25) is 11.8 Å². The monoisotopic (exact) mass is 290 g/mol. The van der Waals surface area contributed by atoms with E-state index in [1.807, 2.05) is 45.0 Å². The van der Waals surface area contributed by atoms with Gasteiger partial charge in [0.05, 0.1) is 18.2 Å². The van der Waals surface area contributed by atoms with Crippen LogP contribution in [0.15, 0.2) is 24.3 Å². The van der Waals surface area contributed by atoms with E-state index in [4.69, 9.17) is 4.74 Å². The van der Waals surface area contributed by atoms with Gasteiger partial charge >= 0.3 is 0 Å². The second-order valence-electron chi connectivity index (χ2n) is 5.47. The van der Waals surface area contributed by atoms with Crippen molar-refractivity contribution in [2.45, 2.75) is 33.2 Å². The number of benzene rings is 1. The van der Waals surface area contributed by atoms with Crippen LogP contribution in [-0.2, 0) is 9.59 Å². The van der Waals surface area contributed by atoms with E-state index in [9.17, 15) is 9.59 Å². The molecule has 2 amide bonds. The van der Waals surface area contributed by atoms with E-state index in [0.29, 0.717) is 18.9 Å². The van der Waals surface area contributed by atoms with E-state index in [0.717, 1.165) is 5.69 Å². The van der Waals surface area contributed by atoms with Gasteiger partial charge in [-0.1, -0.05) is 12.1 Å². The Bertz CT molecular complexity index is 528. The summed E-state index contributed by atoms with van der Waals surface area (Å²) in [6, 6.07) is 7.52. The van der Waals surface area contributed by atoms with Crippen molar-refractivity contribution in [1.82, 2.24) is 5.32 Å². The summed E-state index contributed by atoms with van der Waals surface area (Å²) in [4.78, 5) is 25.9. The summed E-state index contributed by atoms with van der Waals surface area (Å²) in [7, 11) is 0. The molecule has 1 atom stereocenters. The summed E-state index contributed by atoms with van der Waals surface area (Å²) in [5, 5.41) is 2.87. The number of amides is 2. The lowest BCUT2D eigenvalue weighted by Gasteiger charge is -2.20. The fraction of sp³-hybridized carbons (Fsp3) is 0.500. The molecule has 1 heterocycles. The Labute approximate surface area is 125 Å². The van der Waals surface area contributed by atoms with Crippen LogP contribution in [0.1, 0.15) is 27.2 Å². The maximum Gasteiger partial charge on any atom is 0.227 e. The maximum absolute atomic E-state index is 12.2. The normalized spacial score (nSPS) is 18.2. The lowest BCUT2D eigenvalue weighted by Crippen LogP contribution is -2.37. The summed E-state index contributed by atoms with van der Waals surface area (Å²) < 4.78 is 5.56. The molecule has 5 nitrogen and oxygen atoms in total. The molecule has 114 valence electrons. The van der Waals surface area contributed by atoms with Gasteiger partial charge in [-0.3, -0.25) is 9.59 Å². The zero-order valence-corrected chi connectivity index (χ0v) is 12.8. The highest BCUT2D eigenvalue weighted by molar-refractivity contribution is 6.01. The van der Waals surface area contributed by atoms with Crippen LogP contribution >= 0.6 is 0 Å². The largest absolute Gasteiger partial charge is 0.492 e. The third-order valence-electron chi connectivity index (χ3n) is 3.38. The van der Waals surface area contributed by atoms with Crippen LogP contribution in [-0.4, -0.2) is 31.0 Å². The zero-order chi connectivity index (χ0) is 15.4. The molecule has 0 saturated carbocycles. The molecular formula is C16H22N2O3.